The summed E-state index contributed by atoms with van der Waals surface area (Å²) < 4.78 is 48.8. The van der Waals surface area contributed by atoms with Gasteiger partial charge in [-0.15, -0.1) is 0 Å². The molecule has 6 saturated carbocycles. The lowest BCUT2D eigenvalue weighted by molar-refractivity contribution is -0.272. The molecule has 6 rings (SSSR count). The number of fused-ring (bicyclic) bond motifs is 2. The molecule has 0 aromatic carbocycles. The molecule has 6 aliphatic rings. The highest BCUT2D eigenvalue weighted by molar-refractivity contribution is 5.80. The quantitative estimate of drug-likeness (QED) is 0.712. The minimum absolute atomic E-state index is 0.0558. The Morgan fingerprint density at radius 1 is 1.00 bits per heavy atom. The third kappa shape index (κ3) is 2.34. The molecule has 0 aromatic rings. The molecule has 152 valence electrons. The van der Waals surface area contributed by atoms with Crippen LogP contribution in [0.25, 0.3) is 0 Å². The fourth-order valence-electron chi connectivity index (χ4n) is 8.25. The minimum atomic E-state index is -4.59. The first-order chi connectivity index (χ1) is 12.5. The van der Waals surface area contributed by atoms with Gasteiger partial charge < -0.3 is 9.84 Å². The second-order valence-electron chi connectivity index (χ2n) is 10.8. The van der Waals surface area contributed by atoms with Crippen molar-refractivity contribution in [2.45, 2.75) is 82.6 Å². The summed E-state index contributed by atoms with van der Waals surface area (Å²) in [5.41, 5.74) is -4.09. The number of hydrogen-bond donors (Lipinski definition) is 1. The van der Waals surface area contributed by atoms with Crippen LogP contribution < -0.4 is 0 Å². The molecule has 3 nitrogen and oxygen atoms in total. The number of esters is 1. The Balaban J connectivity index is 1.46. The monoisotopic (exact) mass is 386 g/mol. The van der Waals surface area contributed by atoms with Gasteiger partial charge in [-0.3, -0.25) is 4.79 Å². The van der Waals surface area contributed by atoms with Crippen LogP contribution in [0.4, 0.5) is 13.2 Å². The molecule has 6 bridgehead atoms. The van der Waals surface area contributed by atoms with Crippen LogP contribution in [-0.2, 0) is 9.53 Å². The van der Waals surface area contributed by atoms with E-state index in [1.807, 2.05) is 13.8 Å². The Morgan fingerprint density at radius 3 is 2.11 bits per heavy atom. The fraction of sp³-hybridized carbons (Fsp3) is 0.952. The van der Waals surface area contributed by atoms with Crippen LogP contribution in [0.15, 0.2) is 0 Å². The van der Waals surface area contributed by atoms with Gasteiger partial charge in [0.05, 0.1) is 5.60 Å². The fourth-order valence-corrected chi connectivity index (χ4v) is 8.25. The van der Waals surface area contributed by atoms with Gasteiger partial charge in [-0.05, 0) is 80.5 Å². The van der Waals surface area contributed by atoms with E-state index in [0.717, 1.165) is 6.42 Å². The average Bonchev–Trinajstić information content (AvgIpc) is 3.02. The summed E-state index contributed by atoms with van der Waals surface area (Å²) in [6.45, 7) is 3.87. The number of aliphatic hydroxyl groups is 1. The maximum atomic E-state index is 14.3. The van der Waals surface area contributed by atoms with Crippen molar-refractivity contribution in [1.82, 2.24) is 0 Å². The summed E-state index contributed by atoms with van der Waals surface area (Å²) in [5, 5.41) is 10.8. The SMILES string of the molecule is CC1C2CC(C1C)C(C(=O)OC13CC4CC(CC(O)(C4)C1)C3)(C(F)(F)F)C2. The Kier molecular flexibility index (Phi) is 3.53. The lowest BCUT2D eigenvalue weighted by atomic mass is 9.52. The van der Waals surface area contributed by atoms with Crippen LogP contribution in [0.5, 0.6) is 0 Å². The first-order valence-corrected chi connectivity index (χ1v) is 10.5. The summed E-state index contributed by atoms with van der Waals surface area (Å²) in [4.78, 5) is 13.2. The van der Waals surface area contributed by atoms with Gasteiger partial charge in [-0.2, -0.15) is 13.2 Å². The molecular weight excluding hydrogens is 357 g/mol. The van der Waals surface area contributed by atoms with Crippen LogP contribution in [0.1, 0.15) is 65.2 Å². The van der Waals surface area contributed by atoms with E-state index < -0.39 is 34.7 Å². The first kappa shape index (κ1) is 18.3. The van der Waals surface area contributed by atoms with E-state index in [2.05, 4.69) is 0 Å². The van der Waals surface area contributed by atoms with Gasteiger partial charge in [0, 0.05) is 6.42 Å². The number of hydrogen-bond acceptors (Lipinski definition) is 3. The van der Waals surface area contributed by atoms with Gasteiger partial charge in [0.15, 0.2) is 5.41 Å². The standard InChI is InChI=1S/C21H29F3O3/c1-11-12(2)16-4-15(11)9-20(16,21(22,23)24)17(25)27-19-7-13-3-14(8-19)6-18(26,5-13)10-19/h11-16,26H,3-10H2,1-2H3. The summed E-state index contributed by atoms with van der Waals surface area (Å²) in [5.74, 6) is -1.15. The third-order valence-corrected chi connectivity index (χ3v) is 9.14. The summed E-state index contributed by atoms with van der Waals surface area (Å²) in [7, 11) is 0. The largest absolute Gasteiger partial charge is 0.458 e. The van der Waals surface area contributed by atoms with Crippen LogP contribution in [0.3, 0.4) is 0 Å². The highest BCUT2D eigenvalue weighted by atomic mass is 19.4. The second kappa shape index (κ2) is 5.22. The van der Waals surface area contributed by atoms with E-state index in [4.69, 9.17) is 4.74 Å². The van der Waals surface area contributed by atoms with Gasteiger partial charge in [-0.1, -0.05) is 13.8 Å². The number of rotatable bonds is 2. The smallest absolute Gasteiger partial charge is 0.405 e. The molecule has 0 aromatic heterocycles. The maximum absolute atomic E-state index is 14.3. The molecule has 27 heavy (non-hydrogen) atoms. The van der Waals surface area contributed by atoms with Crippen molar-refractivity contribution in [3.63, 3.8) is 0 Å². The number of ether oxygens (including phenoxy) is 1. The maximum Gasteiger partial charge on any atom is 0.405 e. The third-order valence-electron chi connectivity index (χ3n) is 9.14. The van der Waals surface area contributed by atoms with E-state index in [-0.39, 0.29) is 36.0 Å². The molecule has 0 heterocycles. The topological polar surface area (TPSA) is 46.5 Å². The van der Waals surface area contributed by atoms with Crippen molar-refractivity contribution in [3.8, 4) is 0 Å². The van der Waals surface area contributed by atoms with E-state index in [1.54, 1.807) is 0 Å². The van der Waals surface area contributed by atoms with Crippen molar-refractivity contribution in [2.24, 2.45) is 40.9 Å². The Morgan fingerprint density at radius 2 is 1.63 bits per heavy atom. The van der Waals surface area contributed by atoms with E-state index in [1.165, 1.54) is 0 Å². The molecule has 7 unspecified atom stereocenters. The molecule has 0 aliphatic heterocycles. The van der Waals surface area contributed by atoms with Gasteiger partial charge >= 0.3 is 12.1 Å². The number of carbonyl (C=O) groups is 1. The normalized spacial score (nSPS) is 55.9. The van der Waals surface area contributed by atoms with Gasteiger partial charge in [0.1, 0.15) is 5.60 Å². The molecule has 6 heteroatoms. The second-order valence-corrected chi connectivity index (χ2v) is 10.8. The number of carbonyl (C=O) groups excluding carboxylic acids is 1. The molecule has 6 fully saturated rings. The predicted molar refractivity (Wildman–Crippen MR) is 91.5 cm³/mol. The molecule has 0 spiro atoms. The van der Waals surface area contributed by atoms with Crippen molar-refractivity contribution >= 4 is 5.97 Å². The minimum Gasteiger partial charge on any atom is -0.458 e. The van der Waals surface area contributed by atoms with Crippen molar-refractivity contribution in [1.29, 1.82) is 0 Å². The molecule has 0 saturated heterocycles. The summed E-state index contributed by atoms with van der Waals surface area (Å²) in [6, 6.07) is 0. The highest BCUT2D eigenvalue weighted by Crippen LogP contribution is 2.67. The number of halogens is 3. The Hall–Kier alpha value is -0.780. The highest BCUT2D eigenvalue weighted by Gasteiger charge is 2.74. The van der Waals surface area contributed by atoms with Crippen LogP contribution in [0, 0.1) is 40.9 Å². The van der Waals surface area contributed by atoms with Crippen molar-refractivity contribution in [3.05, 3.63) is 0 Å². The van der Waals surface area contributed by atoms with Gasteiger partial charge in [0.25, 0.3) is 0 Å². The zero-order chi connectivity index (χ0) is 19.4. The lowest BCUT2D eigenvalue weighted by Gasteiger charge is -2.59. The predicted octanol–water partition coefficient (Wildman–Crippen LogP) is 4.47. The van der Waals surface area contributed by atoms with E-state index in [9.17, 15) is 23.1 Å². The van der Waals surface area contributed by atoms with E-state index >= 15 is 0 Å². The summed E-state index contributed by atoms with van der Waals surface area (Å²) >= 11 is 0. The van der Waals surface area contributed by atoms with Crippen molar-refractivity contribution in [2.75, 3.05) is 0 Å². The van der Waals surface area contributed by atoms with Crippen LogP contribution in [0.2, 0.25) is 0 Å². The molecule has 1 N–H and O–H groups in total. The lowest BCUT2D eigenvalue weighted by Crippen LogP contribution is -2.62. The van der Waals surface area contributed by atoms with Crippen LogP contribution in [-0.4, -0.2) is 28.5 Å². The molecule has 0 amide bonds. The average molecular weight is 386 g/mol. The molecular formula is C21H29F3O3. The van der Waals surface area contributed by atoms with Crippen molar-refractivity contribution < 1.29 is 27.8 Å². The number of alkyl halides is 3. The van der Waals surface area contributed by atoms with Crippen LogP contribution >= 0.6 is 0 Å². The van der Waals surface area contributed by atoms with Gasteiger partial charge in [-0.25, -0.2) is 0 Å². The van der Waals surface area contributed by atoms with Gasteiger partial charge in [0.2, 0.25) is 0 Å². The molecule has 6 aliphatic carbocycles. The summed E-state index contributed by atoms with van der Waals surface area (Å²) in [6.07, 6.45) is -0.289. The Bertz CT molecular complexity index is 658. The zero-order valence-electron chi connectivity index (χ0n) is 16.0. The molecule has 7 atom stereocenters. The molecule has 0 radical (unpaired) electrons. The Labute approximate surface area is 158 Å². The first-order valence-electron chi connectivity index (χ1n) is 10.5. The zero-order valence-corrected chi connectivity index (χ0v) is 16.0. The van der Waals surface area contributed by atoms with E-state index in [0.29, 0.717) is 38.5 Å².